The second-order valence-corrected chi connectivity index (χ2v) is 5.09. The van der Waals surface area contributed by atoms with Gasteiger partial charge in [0.15, 0.2) is 6.10 Å². The van der Waals surface area contributed by atoms with E-state index in [1.807, 2.05) is 30.3 Å². The summed E-state index contributed by atoms with van der Waals surface area (Å²) in [6.45, 7) is 1.68. The third-order valence-corrected chi connectivity index (χ3v) is 3.42. The molecular weight excluding hydrogens is 308 g/mol. The average Bonchev–Trinajstić information content (AvgIpc) is 3.13. The molecule has 122 valence electrons. The normalized spacial score (nSPS) is 11.8. The topological polar surface area (TPSA) is 74.5 Å². The van der Waals surface area contributed by atoms with E-state index in [1.165, 1.54) is 0 Å². The molecule has 1 atom stereocenters. The maximum Gasteiger partial charge on any atom is 0.338 e. The van der Waals surface area contributed by atoms with Crippen molar-refractivity contribution >= 4 is 5.97 Å². The lowest BCUT2D eigenvalue weighted by Crippen LogP contribution is -2.09. The molecule has 0 aliphatic heterocycles. The molecule has 6 nitrogen and oxygen atoms in total. The fourth-order valence-electron chi connectivity index (χ4n) is 2.10. The summed E-state index contributed by atoms with van der Waals surface area (Å²) in [4.78, 5) is 12.2. The van der Waals surface area contributed by atoms with Crippen molar-refractivity contribution in [2.24, 2.45) is 0 Å². The molecule has 0 amide bonds. The van der Waals surface area contributed by atoms with Crippen molar-refractivity contribution in [2.45, 2.75) is 13.0 Å². The van der Waals surface area contributed by atoms with Crippen LogP contribution in [0.5, 0.6) is 5.75 Å². The molecule has 0 aliphatic carbocycles. The highest BCUT2D eigenvalue weighted by Crippen LogP contribution is 2.23. The Balaban J connectivity index is 1.69. The molecule has 1 heterocycles. The molecule has 1 unspecified atom stereocenters. The third-order valence-electron chi connectivity index (χ3n) is 3.42. The molecule has 6 heteroatoms. The molecule has 0 fully saturated rings. The zero-order valence-corrected chi connectivity index (χ0v) is 13.3. The Morgan fingerprint density at radius 1 is 1.04 bits per heavy atom. The summed E-state index contributed by atoms with van der Waals surface area (Å²) in [7, 11) is 1.56. The monoisotopic (exact) mass is 324 g/mol. The smallest absolute Gasteiger partial charge is 0.338 e. The van der Waals surface area contributed by atoms with Crippen LogP contribution in [-0.4, -0.2) is 23.3 Å². The van der Waals surface area contributed by atoms with Gasteiger partial charge in [0.1, 0.15) is 5.75 Å². The van der Waals surface area contributed by atoms with Crippen LogP contribution in [0.2, 0.25) is 0 Å². The SMILES string of the molecule is COc1ccc(C(=O)OC(C)c2nnc(-c3ccccc3)o2)cc1. The number of ether oxygens (including phenoxy) is 2. The van der Waals surface area contributed by atoms with Crippen molar-refractivity contribution in [2.75, 3.05) is 7.11 Å². The lowest BCUT2D eigenvalue weighted by atomic mass is 10.2. The first-order valence-electron chi connectivity index (χ1n) is 7.41. The summed E-state index contributed by atoms with van der Waals surface area (Å²) in [5, 5.41) is 7.94. The average molecular weight is 324 g/mol. The molecule has 24 heavy (non-hydrogen) atoms. The highest BCUT2D eigenvalue weighted by atomic mass is 16.6. The summed E-state index contributed by atoms with van der Waals surface area (Å²) in [5.41, 5.74) is 1.23. The van der Waals surface area contributed by atoms with Crippen LogP contribution in [0, 0.1) is 0 Å². The number of hydrogen-bond acceptors (Lipinski definition) is 6. The highest BCUT2D eigenvalue weighted by molar-refractivity contribution is 5.89. The minimum absolute atomic E-state index is 0.246. The van der Waals surface area contributed by atoms with Crippen molar-refractivity contribution in [3.8, 4) is 17.2 Å². The number of benzene rings is 2. The van der Waals surface area contributed by atoms with Gasteiger partial charge in [-0.2, -0.15) is 0 Å². The molecule has 0 saturated carbocycles. The van der Waals surface area contributed by atoms with E-state index in [0.717, 1.165) is 5.56 Å². The highest BCUT2D eigenvalue weighted by Gasteiger charge is 2.20. The van der Waals surface area contributed by atoms with Gasteiger partial charge < -0.3 is 13.9 Å². The van der Waals surface area contributed by atoms with Crippen LogP contribution in [0.25, 0.3) is 11.5 Å². The zero-order valence-electron chi connectivity index (χ0n) is 13.3. The third kappa shape index (κ3) is 3.43. The molecule has 3 rings (SSSR count). The van der Waals surface area contributed by atoms with Gasteiger partial charge in [0, 0.05) is 5.56 Å². The summed E-state index contributed by atoms with van der Waals surface area (Å²) < 4.78 is 16.0. The Bertz CT molecular complexity index is 813. The molecule has 2 aromatic carbocycles. The first kappa shape index (κ1) is 15.7. The van der Waals surface area contributed by atoms with Gasteiger partial charge in [-0.15, -0.1) is 10.2 Å². The van der Waals surface area contributed by atoms with Crippen molar-refractivity contribution in [3.63, 3.8) is 0 Å². The van der Waals surface area contributed by atoms with Crippen molar-refractivity contribution < 1.29 is 18.7 Å². The van der Waals surface area contributed by atoms with Gasteiger partial charge in [0.25, 0.3) is 5.89 Å². The van der Waals surface area contributed by atoms with Gasteiger partial charge in [-0.1, -0.05) is 18.2 Å². The van der Waals surface area contributed by atoms with Crippen molar-refractivity contribution in [1.29, 1.82) is 0 Å². The Morgan fingerprint density at radius 3 is 2.42 bits per heavy atom. The first-order chi connectivity index (χ1) is 11.7. The first-order valence-corrected chi connectivity index (χ1v) is 7.41. The minimum Gasteiger partial charge on any atom is -0.497 e. The maximum atomic E-state index is 12.2. The van der Waals surface area contributed by atoms with E-state index < -0.39 is 12.1 Å². The maximum absolute atomic E-state index is 12.2. The molecule has 0 radical (unpaired) electrons. The van der Waals surface area contributed by atoms with Gasteiger partial charge >= 0.3 is 5.97 Å². The molecule has 3 aromatic rings. The Kier molecular flexibility index (Phi) is 4.56. The summed E-state index contributed by atoms with van der Waals surface area (Å²) in [6.07, 6.45) is -0.649. The van der Waals surface area contributed by atoms with Gasteiger partial charge in [-0.05, 0) is 43.3 Å². The number of esters is 1. The van der Waals surface area contributed by atoms with E-state index in [1.54, 1.807) is 38.3 Å². The zero-order chi connectivity index (χ0) is 16.9. The van der Waals surface area contributed by atoms with Crippen LogP contribution in [-0.2, 0) is 4.74 Å². The lowest BCUT2D eigenvalue weighted by Gasteiger charge is -2.09. The largest absolute Gasteiger partial charge is 0.497 e. The second-order valence-electron chi connectivity index (χ2n) is 5.09. The van der Waals surface area contributed by atoms with Crippen molar-refractivity contribution in [3.05, 3.63) is 66.1 Å². The van der Waals surface area contributed by atoms with E-state index in [0.29, 0.717) is 17.2 Å². The Hall–Kier alpha value is -3.15. The number of carbonyl (C=O) groups is 1. The fourth-order valence-corrected chi connectivity index (χ4v) is 2.10. The van der Waals surface area contributed by atoms with Crippen molar-refractivity contribution in [1.82, 2.24) is 10.2 Å². The molecule has 0 aliphatic rings. The molecule has 1 aromatic heterocycles. The number of hydrogen-bond donors (Lipinski definition) is 0. The minimum atomic E-state index is -0.649. The van der Waals surface area contributed by atoms with Crippen LogP contribution in [0.4, 0.5) is 0 Å². The number of aromatic nitrogens is 2. The number of carbonyl (C=O) groups excluding carboxylic acids is 1. The van der Waals surface area contributed by atoms with E-state index in [9.17, 15) is 4.79 Å². The second kappa shape index (κ2) is 6.95. The summed E-state index contributed by atoms with van der Waals surface area (Å²) in [6, 6.07) is 16.1. The van der Waals surface area contributed by atoms with Crippen LogP contribution >= 0.6 is 0 Å². The molecule has 0 saturated heterocycles. The standard InChI is InChI=1S/C18H16N2O4/c1-12(23-18(21)14-8-10-15(22-2)11-9-14)16-19-20-17(24-16)13-6-4-3-5-7-13/h3-12H,1-2H3. The van der Waals surface area contributed by atoms with Crippen LogP contribution in [0.1, 0.15) is 29.3 Å². The number of methoxy groups -OCH3 is 1. The molecule has 0 N–H and O–H groups in total. The van der Waals surface area contributed by atoms with Gasteiger partial charge in [0.2, 0.25) is 5.89 Å². The number of nitrogens with zero attached hydrogens (tertiary/aromatic N) is 2. The van der Waals surface area contributed by atoms with E-state index in [2.05, 4.69) is 10.2 Å². The van der Waals surface area contributed by atoms with Gasteiger partial charge in [-0.25, -0.2) is 4.79 Å². The molecule has 0 bridgehead atoms. The van der Waals surface area contributed by atoms with Crippen LogP contribution in [0.15, 0.2) is 59.0 Å². The van der Waals surface area contributed by atoms with Gasteiger partial charge in [-0.3, -0.25) is 0 Å². The van der Waals surface area contributed by atoms with E-state index in [4.69, 9.17) is 13.9 Å². The van der Waals surface area contributed by atoms with Crippen LogP contribution in [0.3, 0.4) is 0 Å². The Labute approximate surface area is 139 Å². The molecular formula is C18H16N2O4. The Morgan fingerprint density at radius 2 is 1.75 bits per heavy atom. The summed E-state index contributed by atoms with van der Waals surface area (Å²) >= 11 is 0. The predicted molar refractivity (Wildman–Crippen MR) is 86.6 cm³/mol. The van der Waals surface area contributed by atoms with E-state index in [-0.39, 0.29) is 5.89 Å². The van der Waals surface area contributed by atoms with Crippen LogP contribution < -0.4 is 4.74 Å². The molecule has 0 spiro atoms. The van der Waals surface area contributed by atoms with Gasteiger partial charge in [0.05, 0.1) is 12.7 Å². The summed E-state index contributed by atoms with van der Waals surface area (Å²) in [5.74, 6) is 0.835. The van der Waals surface area contributed by atoms with E-state index >= 15 is 0 Å². The fraction of sp³-hybridized carbons (Fsp3) is 0.167. The number of rotatable bonds is 5. The predicted octanol–water partition coefficient (Wildman–Crippen LogP) is 3.66. The lowest BCUT2D eigenvalue weighted by molar-refractivity contribution is 0.0280. The quantitative estimate of drug-likeness (QED) is 0.667.